The van der Waals surface area contributed by atoms with Crippen LogP contribution in [0, 0.1) is 11.6 Å². The van der Waals surface area contributed by atoms with E-state index in [0.717, 1.165) is 28.2 Å². The second-order valence-corrected chi connectivity index (χ2v) is 5.70. The molecular formula is C16H10BrF2N3O. The quantitative estimate of drug-likeness (QED) is 0.711. The molecule has 23 heavy (non-hydrogen) atoms. The van der Waals surface area contributed by atoms with Gasteiger partial charge in [-0.1, -0.05) is 28.1 Å². The zero-order valence-corrected chi connectivity index (χ0v) is 13.2. The number of carbonyl (C=O) groups excluding carboxylic acids is 1. The zero-order valence-electron chi connectivity index (χ0n) is 11.6. The molecule has 1 aromatic heterocycles. The van der Waals surface area contributed by atoms with Crippen molar-refractivity contribution in [1.29, 1.82) is 0 Å². The van der Waals surface area contributed by atoms with Gasteiger partial charge in [-0.15, -0.1) is 0 Å². The zero-order chi connectivity index (χ0) is 16.4. The van der Waals surface area contributed by atoms with E-state index in [0.29, 0.717) is 5.69 Å². The molecule has 2 N–H and O–H groups in total. The first kappa shape index (κ1) is 15.4. The van der Waals surface area contributed by atoms with Crippen LogP contribution in [-0.4, -0.2) is 16.1 Å². The number of nitrogens with zero attached hydrogens (tertiary/aromatic N) is 1. The van der Waals surface area contributed by atoms with Crippen LogP contribution in [0.1, 0.15) is 10.5 Å². The number of H-pyrrole nitrogens is 1. The van der Waals surface area contributed by atoms with E-state index in [4.69, 9.17) is 0 Å². The molecule has 0 fully saturated rings. The third-order valence-electron chi connectivity index (χ3n) is 3.08. The first-order valence-electron chi connectivity index (χ1n) is 6.60. The van der Waals surface area contributed by atoms with Gasteiger partial charge >= 0.3 is 0 Å². The highest BCUT2D eigenvalue weighted by molar-refractivity contribution is 9.10. The summed E-state index contributed by atoms with van der Waals surface area (Å²) in [5.74, 6) is -2.06. The van der Waals surface area contributed by atoms with Crippen LogP contribution >= 0.6 is 15.9 Å². The van der Waals surface area contributed by atoms with Gasteiger partial charge in [0.15, 0.2) is 0 Å². The minimum Gasteiger partial charge on any atom is -0.320 e. The number of carbonyl (C=O) groups is 1. The highest BCUT2D eigenvalue weighted by atomic mass is 79.9. The average Bonchev–Trinajstić information content (AvgIpc) is 2.97. The minimum absolute atomic E-state index is 0.0345. The van der Waals surface area contributed by atoms with Crippen molar-refractivity contribution in [2.45, 2.75) is 0 Å². The van der Waals surface area contributed by atoms with Gasteiger partial charge in [0.25, 0.3) is 5.91 Å². The minimum atomic E-state index is -0.763. The largest absolute Gasteiger partial charge is 0.320 e. The fraction of sp³-hybridized carbons (Fsp3) is 0. The third kappa shape index (κ3) is 3.62. The molecule has 0 atom stereocenters. The lowest BCUT2D eigenvalue weighted by atomic mass is 10.1. The predicted molar refractivity (Wildman–Crippen MR) is 86.0 cm³/mol. The molecule has 0 aliphatic heterocycles. The standard InChI is InChI=1S/C16H10BrF2N3O/c17-10-3-1-9(2-4-10)14-8-15(22-21-14)16(23)20-13-6-11(18)5-12(19)7-13/h1-8H,(H,20,23)(H,21,22). The SMILES string of the molecule is O=C(Nc1cc(F)cc(F)c1)c1cc(-c2ccc(Br)cc2)n[nH]1. The van der Waals surface area contributed by atoms with Crippen molar-refractivity contribution in [3.8, 4) is 11.3 Å². The molecule has 0 aliphatic carbocycles. The maximum Gasteiger partial charge on any atom is 0.273 e. The van der Waals surface area contributed by atoms with Crippen LogP contribution in [-0.2, 0) is 0 Å². The van der Waals surface area contributed by atoms with E-state index in [9.17, 15) is 13.6 Å². The Labute approximate surface area is 138 Å². The molecule has 0 unspecified atom stereocenters. The van der Waals surface area contributed by atoms with E-state index in [-0.39, 0.29) is 11.4 Å². The molecule has 0 bridgehead atoms. The van der Waals surface area contributed by atoms with Crippen molar-refractivity contribution < 1.29 is 13.6 Å². The summed E-state index contributed by atoms with van der Waals surface area (Å²) in [5.41, 5.74) is 1.65. The van der Waals surface area contributed by atoms with Gasteiger partial charge in [-0.3, -0.25) is 9.89 Å². The average molecular weight is 378 g/mol. The molecule has 7 heteroatoms. The monoisotopic (exact) mass is 377 g/mol. The van der Waals surface area contributed by atoms with Crippen LogP contribution in [0.2, 0.25) is 0 Å². The van der Waals surface area contributed by atoms with Crippen molar-refractivity contribution in [2.75, 3.05) is 5.32 Å². The van der Waals surface area contributed by atoms with E-state index in [1.807, 2.05) is 24.3 Å². The predicted octanol–water partition coefficient (Wildman–Crippen LogP) is 4.37. The Morgan fingerprint density at radius 3 is 2.35 bits per heavy atom. The number of nitrogens with one attached hydrogen (secondary N) is 2. The van der Waals surface area contributed by atoms with Crippen LogP contribution in [0.5, 0.6) is 0 Å². The second-order valence-electron chi connectivity index (χ2n) is 4.79. The number of hydrogen-bond acceptors (Lipinski definition) is 2. The number of rotatable bonds is 3. The molecule has 0 spiro atoms. The lowest BCUT2D eigenvalue weighted by Gasteiger charge is -2.03. The summed E-state index contributed by atoms with van der Waals surface area (Å²) >= 11 is 3.34. The van der Waals surface area contributed by atoms with Crippen molar-refractivity contribution in [3.63, 3.8) is 0 Å². The maximum absolute atomic E-state index is 13.1. The summed E-state index contributed by atoms with van der Waals surface area (Å²) in [6, 6.07) is 11.8. The Hall–Kier alpha value is -2.54. The molecule has 2 aromatic carbocycles. The van der Waals surface area contributed by atoms with Gasteiger partial charge in [0.05, 0.1) is 5.69 Å². The van der Waals surface area contributed by atoms with Crippen molar-refractivity contribution in [3.05, 3.63) is 70.3 Å². The summed E-state index contributed by atoms with van der Waals surface area (Å²) in [5, 5.41) is 9.09. The summed E-state index contributed by atoms with van der Waals surface area (Å²) in [6.45, 7) is 0. The molecule has 0 radical (unpaired) electrons. The van der Waals surface area contributed by atoms with Gasteiger partial charge in [0.1, 0.15) is 17.3 Å². The second kappa shape index (κ2) is 6.29. The normalized spacial score (nSPS) is 10.6. The van der Waals surface area contributed by atoms with E-state index in [2.05, 4.69) is 31.4 Å². The van der Waals surface area contributed by atoms with Crippen LogP contribution in [0.25, 0.3) is 11.3 Å². The number of aromatic nitrogens is 2. The van der Waals surface area contributed by atoms with Gasteiger partial charge in [-0.2, -0.15) is 5.10 Å². The van der Waals surface area contributed by atoms with Crippen LogP contribution in [0.4, 0.5) is 14.5 Å². The number of amides is 1. The first-order valence-corrected chi connectivity index (χ1v) is 7.39. The Kier molecular flexibility index (Phi) is 4.20. The van der Waals surface area contributed by atoms with E-state index in [1.165, 1.54) is 0 Å². The molecule has 0 saturated heterocycles. The number of halogens is 3. The van der Waals surface area contributed by atoms with Gasteiger partial charge in [0.2, 0.25) is 0 Å². The van der Waals surface area contributed by atoms with Gasteiger partial charge in [-0.25, -0.2) is 8.78 Å². The Morgan fingerprint density at radius 1 is 1.04 bits per heavy atom. The molecule has 1 heterocycles. The highest BCUT2D eigenvalue weighted by Gasteiger charge is 2.12. The fourth-order valence-electron chi connectivity index (χ4n) is 2.03. The first-order chi connectivity index (χ1) is 11.0. The van der Waals surface area contributed by atoms with Crippen molar-refractivity contribution >= 4 is 27.5 Å². The lowest BCUT2D eigenvalue weighted by molar-refractivity contribution is 0.102. The summed E-state index contributed by atoms with van der Waals surface area (Å²) < 4.78 is 27.2. The number of hydrogen-bond donors (Lipinski definition) is 2. The van der Waals surface area contributed by atoms with Crippen LogP contribution in [0.15, 0.2) is 53.0 Å². The van der Waals surface area contributed by atoms with Crippen LogP contribution in [0.3, 0.4) is 0 Å². The number of anilines is 1. The topological polar surface area (TPSA) is 57.8 Å². The number of benzene rings is 2. The Morgan fingerprint density at radius 2 is 1.70 bits per heavy atom. The van der Waals surface area contributed by atoms with Gasteiger partial charge < -0.3 is 5.32 Å². The Bertz CT molecular complexity index is 842. The third-order valence-corrected chi connectivity index (χ3v) is 3.61. The molecule has 3 rings (SSSR count). The highest BCUT2D eigenvalue weighted by Crippen LogP contribution is 2.21. The summed E-state index contributed by atoms with van der Waals surface area (Å²) in [7, 11) is 0. The molecule has 4 nitrogen and oxygen atoms in total. The van der Waals surface area contributed by atoms with E-state index >= 15 is 0 Å². The Balaban J connectivity index is 1.79. The fourth-order valence-corrected chi connectivity index (χ4v) is 2.30. The van der Waals surface area contributed by atoms with Crippen molar-refractivity contribution in [2.24, 2.45) is 0 Å². The maximum atomic E-state index is 13.1. The molecule has 0 aliphatic rings. The van der Waals surface area contributed by atoms with Crippen LogP contribution < -0.4 is 5.32 Å². The van der Waals surface area contributed by atoms with Gasteiger partial charge in [-0.05, 0) is 30.3 Å². The molecular weight excluding hydrogens is 368 g/mol. The van der Waals surface area contributed by atoms with E-state index < -0.39 is 17.5 Å². The summed E-state index contributed by atoms with van der Waals surface area (Å²) in [6.07, 6.45) is 0. The smallest absolute Gasteiger partial charge is 0.273 e. The molecule has 116 valence electrons. The molecule has 0 saturated carbocycles. The van der Waals surface area contributed by atoms with E-state index in [1.54, 1.807) is 6.07 Å². The van der Waals surface area contributed by atoms with Gasteiger partial charge in [0, 0.05) is 21.8 Å². The lowest BCUT2D eigenvalue weighted by Crippen LogP contribution is -2.12. The summed E-state index contributed by atoms with van der Waals surface area (Å²) in [4.78, 5) is 12.1. The molecule has 1 amide bonds. The molecule has 3 aromatic rings. The van der Waals surface area contributed by atoms with Crippen molar-refractivity contribution in [1.82, 2.24) is 10.2 Å². The number of aromatic amines is 1.